The van der Waals surface area contributed by atoms with E-state index in [0.717, 1.165) is 21.8 Å². The maximum Gasteiger partial charge on any atom is 0.256 e. The normalized spacial score (nSPS) is 11.7. The zero-order valence-corrected chi connectivity index (χ0v) is 17.9. The molecule has 0 saturated carbocycles. The second kappa shape index (κ2) is 8.97. The van der Waals surface area contributed by atoms with Crippen LogP contribution in [-0.2, 0) is 0 Å². The smallest absolute Gasteiger partial charge is 0.256 e. The number of benzene rings is 3. The summed E-state index contributed by atoms with van der Waals surface area (Å²) in [5.74, 6) is -0.0929. The number of carbonyl (C=O) groups is 1. The number of nitrogens with one attached hydrogen (secondary N) is 2. The van der Waals surface area contributed by atoms with Crippen molar-refractivity contribution in [3.05, 3.63) is 118 Å². The molecule has 0 fully saturated rings. The van der Waals surface area contributed by atoms with Gasteiger partial charge in [-0.1, -0.05) is 66.7 Å². The number of thiophene rings is 1. The summed E-state index contributed by atoms with van der Waals surface area (Å²) in [4.78, 5) is 14.1. The van der Waals surface area contributed by atoms with Gasteiger partial charge in [0.2, 0.25) is 0 Å². The van der Waals surface area contributed by atoms with E-state index in [2.05, 4.69) is 48.7 Å². The Labute approximate surface area is 181 Å². The van der Waals surface area contributed by atoms with Gasteiger partial charge in [-0.3, -0.25) is 4.79 Å². The first-order valence-electron chi connectivity index (χ1n) is 9.96. The second-order valence-corrected chi connectivity index (χ2v) is 8.43. The number of rotatable bonds is 6. The summed E-state index contributed by atoms with van der Waals surface area (Å²) in [5, 5.41) is 7.72. The summed E-state index contributed by atoms with van der Waals surface area (Å²) in [6, 6.07) is 29.8. The predicted molar refractivity (Wildman–Crippen MR) is 127 cm³/mol. The molecule has 0 bridgehead atoms. The summed E-state index contributed by atoms with van der Waals surface area (Å²) >= 11 is 1.63. The van der Waals surface area contributed by atoms with Gasteiger partial charge in [-0.25, -0.2) is 0 Å². The fourth-order valence-corrected chi connectivity index (χ4v) is 4.61. The van der Waals surface area contributed by atoms with Crippen LogP contribution >= 0.6 is 11.3 Å². The van der Waals surface area contributed by atoms with E-state index < -0.39 is 0 Å². The lowest BCUT2D eigenvalue weighted by Crippen LogP contribution is -2.17. The standard InChI is InChI=1S/C26H24N2OS/c1-18-19(2)30-26(28-25(29)21-14-8-4-9-15-21)23(18)24(20-12-6-3-7-13-20)27-22-16-10-5-11-17-22/h3-17,24,27H,1-2H3,(H,28,29)/t24-/m0/s1. The van der Waals surface area contributed by atoms with E-state index in [0.29, 0.717) is 5.56 Å². The molecule has 1 amide bonds. The number of aryl methyl sites for hydroxylation is 1. The van der Waals surface area contributed by atoms with Gasteiger partial charge in [-0.05, 0) is 49.2 Å². The maximum atomic E-state index is 12.9. The summed E-state index contributed by atoms with van der Waals surface area (Å²) in [7, 11) is 0. The van der Waals surface area contributed by atoms with Crippen molar-refractivity contribution in [2.24, 2.45) is 0 Å². The second-order valence-electron chi connectivity index (χ2n) is 7.20. The van der Waals surface area contributed by atoms with Crippen LogP contribution in [0, 0.1) is 13.8 Å². The molecule has 0 aliphatic heterocycles. The third kappa shape index (κ3) is 4.29. The van der Waals surface area contributed by atoms with Gasteiger partial charge in [0.25, 0.3) is 5.91 Å². The fourth-order valence-electron chi connectivity index (χ4n) is 3.52. The molecule has 3 nitrogen and oxygen atoms in total. The minimum Gasteiger partial charge on any atom is -0.374 e. The Bertz CT molecular complexity index is 1120. The van der Waals surface area contributed by atoms with E-state index in [1.54, 1.807) is 11.3 Å². The third-order valence-electron chi connectivity index (χ3n) is 5.20. The van der Waals surface area contributed by atoms with E-state index in [9.17, 15) is 4.79 Å². The average Bonchev–Trinajstić information content (AvgIpc) is 3.07. The molecule has 30 heavy (non-hydrogen) atoms. The van der Waals surface area contributed by atoms with Crippen molar-refractivity contribution in [1.29, 1.82) is 0 Å². The molecule has 0 spiro atoms. The van der Waals surface area contributed by atoms with Crippen molar-refractivity contribution in [3.8, 4) is 0 Å². The zero-order chi connectivity index (χ0) is 20.9. The van der Waals surface area contributed by atoms with Crippen molar-refractivity contribution >= 4 is 27.9 Å². The quantitative estimate of drug-likeness (QED) is 0.365. The Hall–Kier alpha value is -3.37. The lowest BCUT2D eigenvalue weighted by atomic mass is 9.96. The Morgan fingerprint density at radius 2 is 1.37 bits per heavy atom. The first-order chi connectivity index (χ1) is 14.6. The maximum absolute atomic E-state index is 12.9. The molecule has 0 radical (unpaired) electrons. The van der Waals surface area contributed by atoms with Gasteiger partial charge in [0.05, 0.1) is 6.04 Å². The van der Waals surface area contributed by atoms with Gasteiger partial charge >= 0.3 is 0 Å². The molecule has 2 N–H and O–H groups in total. The molecule has 4 heteroatoms. The molecule has 1 heterocycles. The Morgan fingerprint density at radius 1 is 0.800 bits per heavy atom. The monoisotopic (exact) mass is 412 g/mol. The fraction of sp³-hybridized carbons (Fsp3) is 0.115. The van der Waals surface area contributed by atoms with Crippen molar-refractivity contribution in [2.75, 3.05) is 10.6 Å². The highest BCUT2D eigenvalue weighted by Gasteiger charge is 2.24. The summed E-state index contributed by atoms with van der Waals surface area (Å²) < 4.78 is 0. The minimum absolute atomic E-state index is 0.0791. The molecule has 0 aliphatic rings. The first kappa shape index (κ1) is 19.9. The van der Waals surface area contributed by atoms with Crippen molar-refractivity contribution in [3.63, 3.8) is 0 Å². The van der Waals surface area contributed by atoms with E-state index >= 15 is 0 Å². The number of para-hydroxylation sites is 1. The van der Waals surface area contributed by atoms with Crippen LogP contribution in [0.15, 0.2) is 91.0 Å². The highest BCUT2D eigenvalue weighted by Crippen LogP contribution is 2.41. The van der Waals surface area contributed by atoms with Gasteiger partial charge in [0.1, 0.15) is 5.00 Å². The summed E-state index contributed by atoms with van der Waals surface area (Å²) in [6.07, 6.45) is 0. The van der Waals surface area contributed by atoms with Crippen LogP contribution < -0.4 is 10.6 Å². The lowest BCUT2D eigenvalue weighted by Gasteiger charge is -2.23. The van der Waals surface area contributed by atoms with Gasteiger partial charge in [-0.15, -0.1) is 11.3 Å². The molecule has 150 valence electrons. The van der Waals surface area contributed by atoms with Crippen LogP contribution in [0.25, 0.3) is 0 Å². The Kier molecular flexibility index (Phi) is 5.96. The van der Waals surface area contributed by atoms with Gasteiger partial charge < -0.3 is 10.6 Å². The highest BCUT2D eigenvalue weighted by molar-refractivity contribution is 7.16. The molecular weight excluding hydrogens is 388 g/mol. The first-order valence-corrected chi connectivity index (χ1v) is 10.8. The highest BCUT2D eigenvalue weighted by atomic mass is 32.1. The van der Waals surface area contributed by atoms with Gasteiger partial charge in [0.15, 0.2) is 0 Å². The molecule has 0 aliphatic carbocycles. The molecule has 1 aromatic heterocycles. The van der Waals surface area contributed by atoms with Crippen LogP contribution in [-0.4, -0.2) is 5.91 Å². The Morgan fingerprint density at radius 3 is 2.00 bits per heavy atom. The topological polar surface area (TPSA) is 41.1 Å². The van der Waals surface area contributed by atoms with Crippen molar-refractivity contribution < 1.29 is 4.79 Å². The molecule has 4 rings (SSSR count). The van der Waals surface area contributed by atoms with Crippen LogP contribution in [0.5, 0.6) is 0 Å². The number of hydrogen-bond acceptors (Lipinski definition) is 3. The van der Waals surface area contributed by atoms with E-state index in [-0.39, 0.29) is 11.9 Å². The summed E-state index contributed by atoms with van der Waals surface area (Å²) in [5.41, 5.74) is 5.14. The molecule has 0 unspecified atom stereocenters. The number of amides is 1. The third-order valence-corrected chi connectivity index (χ3v) is 6.34. The van der Waals surface area contributed by atoms with Crippen molar-refractivity contribution in [1.82, 2.24) is 0 Å². The largest absolute Gasteiger partial charge is 0.374 e. The summed E-state index contributed by atoms with van der Waals surface area (Å²) in [6.45, 7) is 4.23. The number of carbonyl (C=O) groups excluding carboxylic acids is 1. The number of hydrogen-bond donors (Lipinski definition) is 2. The average molecular weight is 413 g/mol. The molecule has 1 atom stereocenters. The zero-order valence-electron chi connectivity index (χ0n) is 17.1. The van der Waals surface area contributed by atoms with E-state index in [1.165, 1.54) is 10.4 Å². The van der Waals surface area contributed by atoms with E-state index in [4.69, 9.17) is 0 Å². The van der Waals surface area contributed by atoms with Gasteiger partial charge in [-0.2, -0.15) is 0 Å². The number of anilines is 2. The Balaban J connectivity index is 1.76. The molecule has 0 saturated heterocycles. The lowest BCUT2D eigenvalue weighted by molar-refractivity contribution is 0.102. The molecule has 3 aromatic carbocycles. The van der Waals surface area contributed by atoms with Crippen LogP contribution in [0.1, 0.15) is 38.0 Å². The molecular formula is C26H24N2OS. The van der Waals surface area contributed by atoms with Gasteiger partial charge in [0, 0.05) is 21.7 Å². The van der Waals surface area contributed by atoms with Crippen LogP contribution in [0.4, 0.5) is 10.7 Å². The molecule has 4 aromatic rings. The minimum atomic E-state index is -0.0929. The van der Waals surface area contributed by atoms with Crippen LogP contribution in [0.3, 0.4) is 0 Å². The SMILES string of the molecule is Cc1sc(NC(=O)c2ccccc2)c([C@@H](Nc2ccccc2)c2ccccc2)c1C. The van der Waals surface area contributed by atoms with Crippen molar-refractivity contribution in [2.45, 2.75) is 19.9 Å². The van der Waals surface area contributed by atoms with Crippen LogP contribution in [0.2, 0.25) is 0 Å². The van der Waals surface area contributed by atoms with E-state index in [1.807, 2.05) is 66.7 Å². The predicted octanol–water partition coefficient (Wildman–Crippen LogP) is 6.82.